The van der Waals surface area contributed by atoms with Crippen LogP contribution in [0.15, 0.2) is 29.6 Å². The Kier molecular flexibility index (Phi) is 4.03. The maximum absolute atomic E-state index is 12.1. The Morgan fingerprint density at radius 2 is 2.21 bits per heavy atom. The lowest BCUT2D eigenvalue weighted by Gasteiger charge is -2.02. The fourth-order valence-electron chi connectivity index (χ4n) is 1.72. The van der Waals surface area contributed by atoms with Crippen molar-refractivity contribution in [2.24, 2.45) is 7.05 Å². The fourth-order valence-corrected chi connectivity index (χ4v) is 2.83. The number of sulfonamides is 1. The number of rotatable bonds is 6. The number of hydrogen-bond acceptors (Lipinski definition) is 4. The molecule has 0 spiro atoms. The van der Waals surface area contributed by atoms with Gasteiger partial charge in [-0.15, -0.1) is 0 Å². The van der Waals surface area contributed by atoms with Crippen LogP contribution in [0.1, 0.15) is 11.3 Å². The summed E-state index contributed by atoms with van der Waals surface area (Å²) in [5.74, 6) is 0. The van der Waals surface area contributed by atoms with Crippen molar-refractivity contribution in [2.75, 3.05) is 7.05 Å². The van der Waals surface area contributed by atoms with E-state index in [4.69, 9.17) is 0 Å². The third-order valence-corrected chi connectivity index (χ3v) is 4.14. The Bertz CT molecular complexity index is 630. The summed E-state index contributed by atoms with van der Waals surface area (Å²) in [5.41, 5.74) is 1.70. The Morgan fingerprint density at radius 1 is 1.42 bits per heavy atom. The van der Waals surface area contributed by atoms with E-state index >= 15 is 0 Å². The van der Waals surface area contributed by atoms with Gasteiger partial charge in [0.1, 0.15) is 0 Å². The van der Waals surface area contributed by atoms with Gasteiger partial charge in [0, 0.05) is 43.8 Å². The lowest BCUT2D eigenvalue weighted by Crippen LogP contribution is -2.22. The molecule has 8 heteroatoms. The Balaban J connectivity index is 2.12. The van der Waals surface area contributed by atoms with Gasteiger partial charge in [0.15, 0.2) is 0 Å². The summed E-state index contributed by atoms with van der Waals surface area (Å²) in [6.07, 6.45) is 4.84. The molecule has 0 saturated heterocycles. The molecule has 2 aromatic heterocycles. The van der Waals surface area contributed by atoms with Gasteiger partial charge in [-0.25, -0.2) is 13.1 Å². The van der Waals surface area contributed by atoms with Gasteiger partial charge in [-0.1, -0.05) is 0 Å². The smallest absolute Gasteiger partial charge is 0.242 e. The Morgan fingerprint density at radius 3 is 2.84 bits per heavy atom. The van der Waals surface area contributed by atoms with Gasteiger partial charge in [-0.3, -0.25) is 5.10 Å². The third kappa shape index (κ3) is 3.22. The van der Waals surface area contributed by atoms with Crippen molar-refractivity contribution in [1.29, 1.82) is 0 Å². The van der Waals surface area contributed by atoms with Crippen molar-refractivity contribution in [3.8, 4) is 0 Å². The van der Waals surface area contributed by atoms with Gasteiger partial charge >= 0.3 is 0 Å². The van der Waals surface area contributed by atoms with Gasteiger partial charge in [-0.05, 0) is 13.1 Å². The largest absolute Gasteiger partial charge is 0.352 e. The minimum atomic E-state index is -3.50. The van der Waals surface area contributed by atoms with Crippen LogP contribution in [0.4, 0.5) is 0 Å². The zero-order valence-electron chi connectivity index (χ0n) is 10.8. The van der Waals surface area contributed by atoms with Crippen LogP contribution in [0, 0.1) is 0 Å². The van der Waals surface area contributed by atoms with E-state index in [0.717, 1.165) is 11.3 Å². The quantitative estimate of drug-likeness (QED) is 0.693. The van der Waals surface area contributed by atoms with Gasteiger partial charge in [0.25, 0.3) is 0 Å². The van der Waals surface area contributed by atoms with Crippen molar-refractivity contribution in [3.05, 3.63) is 35.9 Å². The monoisotopic (exact) mass is 283 g/mol. The number of nitrogens with zero attached hydrogens (tertiary/aromatic N) is 2. The number of aromatic nitrogens is 3. The predicted molar refractivity (Wildman–Crippen MR) is 70.8 cm³/mol. The number of nitrogens with one attached hydrogen (secondary N) is 3. The molecular formula is C11H17N5O2S. The third-order valence-electron chi connectivity index (χ3n) is 2.77. The summed E-state index contributed by atoms with van der Waals surface area (Å²) >= 11 is 0. The molecule has 0 atom stereocenters. The molecule has 0 radical (unpaired) electrons. The van der Waals surface area contributed by atoms with Crippen LogP contribution in [0.25, 0.3) is 0 Å². The van der Waals surface area contributed by atoms with E-state index in [1.54, 1.807) is 29.2 Å². The number of aromatic amines is 1. The van der Waals surface area contributed by atoms with Crippen LogP contribution >= 0.6 is 0 Å². The van der Waals surface area contributed by atoms with Crippen LogP contribution in [0.2, 0.25) is 0 Å². The molecule has 0 aliphatic carbocycles. The van der Waals surface area contributed by atoms with E-state index in [1.165, 1.54) is 0 Å². The van der Waals surface area contributed by atoms with E-state index in [9.17, 15) is 8.42 Å². The molecule has 0 unspecified atom stereocenters. The minimum Gasteiger partial charge on any atom is -0.352 e. The lowest BCUT2D eigenvalue weighted by molar-refractivity contribution is 0.581. The maximum Gasteiger partial charge on any atom is 0.242 e. The molecule has 2 aromatic rings. The lowest BCUT2D eigenvalue weighted by atomic mass is 10.4. The van der Waals surface area contributed by atoms with Crippen LogP contribution in [-0.2, 0) is 30.2 Å². The van der Waals surface area contributed by atoms with E-state index < -0.39 is 10.0 Å². The molecule has 104 valence electrons. The zero-order chi connectivity index (χ0) is 13.9. The highest BCUT2D eigenvalue weighted by atomic mass is 32.2. The molecule has 0 saturated carbocycles. The molecule has 2 heterocycles. The standard InChI is InChI=1S/C11H17N5O2S/c1-12-7-10-3-11(8-16(10)2)19(17,18)15-6-9-4-13-14-5-9/h3-5,8,12,15H,6-7H2,1-2H3,(H,13,14). The SMILES string of the molecule is CNCc1cc(S(=O)(=O)NCc2cn[nH]c2)cn1C. The number of H-pyrrole nitrogens is 1. The fraction of sp³-hybridized carbons (Fsp3) is 0.364. The van der Waals surface area contributed by atoms with Crippen LogP contribution in [-0.4, -0.2) is 30.2 Å². The molecule has 19 heavy (non-hydrogen) atoms. The molecular weight excluding hydrogens is 266 g/mol. The first-order chi connectivity index (χ1) is 9.03. The molecule has 0 aliphatic rings. The molecule has 3 N–H and O–H groups in total. The zero-order valence-corrected chi connectivity index (χ0v) is 11.7. The highest BCUT2D eigenvalue weighted by Crippen LogP contribution is 2.13. The van der Waals surface area contributed by atoms with Crippen molar-refractivity contribution in [2.45, 2.75) is 18.0 Å². The van der Waals surface area contributed by atoms with E-state index in [1.807, 2.05) is 14.1 Å². The average Bonchev–Trinajstić information content (AvgIpc) is 2.98. The minimum absolute atomic E-state index is 0.217. The molecule has 0 aromatic carbocycles. The van der Waals surface area contributed by atoms with Gasteiger partial charge in [0.2, 0.25) is 10.0 Å². The summed E-state index contributed by atoms with van der Waals surface area (Å²) in [6.45, 7) is 0.836. The van der Waals surface area contributed by atoms with E-state index in [-0.39, 0.29) is 11.4 Å². The topological polar surface area (TPSA) is 91.8 Å². The predicted octanol–water partition coefficient (Wildman–Crippen LogP) is -0.0539. The Labute approximate surface area is 112 Å². The molecule has 2 rings (SSSR count). The van der Waals surface area contributed by atoms with E-state index in [0.29, 0.717) is 6.54 Å². The first-order valence-corrected chi connectivity index (χ1v) is 7.28. The first kappa shape index (κ1) is 13.8. The summed E-state index contributed by atoms with van der Waals surface area (Å²) in [7, 11) is 0.142. The van der Waals surface area contributed by atoms with Gasteiger partial charge in [-0.2, -0.15) is 5.10 Å². The molecule has 0 bridgehead atoms. The van der Waals surface area contributed by atoms with Crippen molar-refractivity contribution in [3.63, 3.8) is 0 Å². The summed E-state index contributed by atoms with van der Waals surface area (Å²) in [6, 6.07) is 1.66. The summed E-state index contributed by atoms with van der Waals surface area (Å²) in [4.78, 5) is 0.267. The molecule has 0 amide bonds. The molecule has 0 fully saturated rings. The molecule has 7 nitrogen and oxygen atoms in total. The van der Waals surface area contributed by atoms with Crippen molar-refractivity contribution in [1.82, 2.24) is 24.8 Å². The second kappa shape index (κ2) is 5.55. The number of aryl methyl sites for hydroxylation is 1. The van der Waals surface area contributed by atoms with Gasteiger partial charge < -0.3 is 9.88 Å². The van der Waals surface area contributed by atoms with Gasteiger partial charge in [0.05, 0.1) is 11.1 Å². The summed E-state index contributed by atoms with van der Waals surface area (Å²) in [5, 5.41) is 9.40. The first-order valence-electron chi connectivity index (χ1n) is 5.80. The van der Waals surface area contributed by atoms with Crippen LogP contribution in [0.3, 0.4) is 0 Å². The maximum atomic E-state index is 12.1. The van der Waals surface area contributed by atoms with Crippen LogP contribution < -0.4 is 10.0 Å². The average molecular weight is 283 g/mol. The van der Waals surface area contributed by atoms with E-state index in [2.05, 4.69) is 20.2 Å². The second-order valence-electron chi connectivity index (χ2n) is 4.24. The second-order valence-corrected chi connectivity index (χ2v) is 6.01. The Hall–Kier alpha value is -1.64. The number of hydrogen-bond donors (Lipinski definition) is 3. The summed E-state index contributed by atoms with van der Waals surface area (Å²) < 4.78 is 28.6. The normalized spacial score (nSPS) is 11.9. The molecule has 0 aliphatic heterocycles. The van der Waals surface area contributed by atoms with Crippen molar-refractivity contribution >= 4 is 10.0 Å². The van der Waals surface area contributed by atoms with Crippen molar-refractivity contribution < 1.29 is 8.42 Å². The highest BCUT2D eigenvalue weighted by molar-refractivity contribution is 7.89. The van der Waals surface area contributed by atoms with Crippen LogP contribution in [0.5, 0.6) is 0 Å². The highest BCUT2D eigenvalue weighted by Gasteiger charge is 2.17.